The first-order valence-electron chi connectivity index (χ1n) is 9.60. The summed E-state index contributed by atoms with van der Waals surface area (Å²) < 4.78 is 38.8. The lowest BCUT2D eigenvalue weighted by Gasteiger charge is -2.29. The van der Waals surface area contributed by atoms with Crippen LogP contribution in [-0.2, 0) is 33.4 Å². The molecule has 0 radical (unpaired) electrons. The summed E-state index contributed by atoms with van der Waals surface area (Å²) in [5.41, 5.74) is -1.05. The van der Waals surface area contributed by atoms with Crippen LogP contribution in [0.15, 0.2) is 30.3 Å². The quantitative estimate of drug-likeness (QED) is 0.202. The zero-order valence-electron chi connectivity index (χ0n) is 18.0. The van der Waals surface area contributed by atoms with Crippen LogP contribution in [0.25, 0.3) is 0 Å². The number of amides is 1. The first-order valence-corrected chi connectivity index (χ1v) is 11.2. The highest BCUT2D eigenvalue weighted by molar-refractivity contribution is 7.86. The molecule has 0 spiro atoms. The number of hydrogen-bond donors (Lipinski definition) is 2. The van der Waals surface area contributed by atoms with E-state index >= 15 is 0 Å². The Hall–Kier alpha value is -2.50. The third-order valence-electron chi connectivity index (χ3n) is 4.08. The van der Waals surface area contributed by atoms with Crippen LogP contribution >= 0.6 is 0 Å². The van der Waals surface area contributed by atoms with Gasteiger partial charge in [-0.3, -0.25) is 8.98 Å². The number of carbonyl (C=O) groups excluding carboxylic acids is 3. The van der Waals surface area contributed by atoms with Gasteiger partial charge in [-0.15, -0.1) is 0 Å². The van der Waals surface area contributed by atoms with Gasteiger partial charge in [0.2, 0.25) is 12.2 Å². The summed E-state index contributed by atoms with van der Waals surface area (Å²) in [5.74, 6) is -2.41. The van der Waals surface area contributed by atoms with Gasteiger partial charge >= 0.3 is 11.9 Å². The Balaban J connectivity index is 2.53. The molecular formula is C20H29NO9S. The van der Waals surface area contributed by atoms with Crippen LogP contribution in [0.3, 0.4) is 0 Å². The highest BCUT2D eigenvalue weighted by Gasteiger charge is 2.37. The van der Waals surface area contributed by atoms with Crippen molar-refractivity contribution in [1.82, 2.24) is 5.32 Å². The zero-order chi connectivity index (χ0) is 23.7. The first-order chi connectivity index (χ1) is 14.3. The highest BCUT2D eigenvalue weighted by atomic mass is 32.2. The van der Waals surface area contributed by atoms with Gasteiger partial charge in [-0.25, -0.2) is 9.59 Å². The number of aliphatic hydroxyl groups excluding tert-OH is 1. The Labute approximate surface area is 182 Å². The van der Waals surface area contributed by atoms with Gasteiger partial charge in [-0.1, -0.05) is 32.0 Å². The normalized spacial score (nSPS) is 13.7. The fraction of sp³-hybridized carbons (Fsp3) is 0.550. The Bertz CT molecular complexity index is 853. The standard InChI is InChI=1S/C20H29NO9S/c1-14(22)21-11-8-12-31(26,27)28-13-20(3,4)17(23)19(25)30-15(2)29-18(24)16-9-6-5-7-10-16/h5-7,9-10,15,17,23H,8,11-13H2,1-4H3,(H,21,22)/t15?,17-/m0/s1. The molecule has 1 unspecified atom stereocenters. The minimum atomic E-state index is -3.93. The van der Waals surface area contributed by atoms with Crippen LogP contribution in [0.2, 0.25) is 0 Å². The van der Waals surface area contributed by atoms with Gasteiger partial charge in [-0.05, 0) is 18.6 Å². The second-order valence-electron chi connectivity index (χ2n) is 7.53. The second-order valence-corrected chi connectivity index (χ2v) is 9.29. The van der Waals surface area contributed by atoms with Gasteiger partial charge < -0.3 is 19.9 Å². The molecule has 1 rings (SSSR count). The van der Waals surface area contributed by atoms with Crippen molar-refractivity contribution in [3.63, 3.8) is 0 Å². The van der Waals surface area contributed by atoms with Gasteiger partial charge in [0.1, 0.15) is 0 Å². The van der Waals surface area contributed by atoms with E-state index in [0.29, 0.717) is 0 Å². The maximum Gasteiger partial charge on any atom is 0.341 e. The van der Waals surface area contributed by atoms with E-state index in [2.05, 4.69) is 5.32 Å². The average molecular weight is 460 g/mol. The fourth-order valence-corrected chi connectivity index (χ4v) is 3.36. The van der Waals surface area contributed by atoms with Crippen LogP contribution < -0.4 is 5.32 Å². The molecule has 31 heavy (non-hydrogen) atoms. The summed E-state index contributed by atoms with van der Waals surface area (Å²) in [6.45, 7) is 5.17. The Morgan fingerprint density at radius 2 is 1.74 bits per heavy atom. The van der Waals surface area contributed by atoms with E-state index in [-0.39, 0.29) is 30.2 Å². The van der Waals surface area contributed by atoms with Crippen molar-refractivity contribution in [3.8, 4) is 0 Å². The van der Waals surface area contributed by atoms with Crippen molar-refractivity contribution in [1.29, 1.82) is 0 Å². The number of nitrogens with one attached hydrogen (secondary N) is 1. The molecule has 0 aliphatic heterocycles. The number of esters is 2. The van der Waals surface area contributed by atoms with Crippen LogP contribution in [0, 0.1) is 5.41 Å². The van der Waals surface area contributed by atoms with Crippen LogP contribution in [0.5, 0.6) is 0 Å². The van der Waals surface area contributed by atoms with Crippen molar-refractivity contribution >= 4 is 28.0 Å². The molecule has 0 fully saturated rings. The highest BCUT2D eigenvalue weighted by Crippen LogP contribution is 2.24. The lowest BCUT2D eigenvalue weighted by molar-refractivity contribution is -0.182. The molecule has 1 aromatic rings. The predicted molar refractivity (Wildman–Crippen MR) is 110 cm³/mol. The molecule has 11 heteroatoms. The third kappa shape index (κ3) is 9.90. The smallest absolute Gasteiger partial charge is 0.341 e. The second kappa shape index (κ2) is 11.8. The van der Waals surface area contributed by atoms with Crippen molar-refractivity contribution in [2.24, 2.45) is 5.41 Å². The van der Waals surface area contributed by atoms with E-state index in [1.54, 1.807) is 18.2 Å². The van der Waals surface area contributed by atoms with Gasteiger partial charge in [0.25, 0.3) is 10.1 Å². The summed E-state index contributed by atoms with van der Waals surface area (Å²) in [6.07, 6.45) is -2.86. The van der Waals surface area contributed by atoms with Gasteiger partial charge in [-0.2, -0.15) is 8.42 Å². The van der Waals surface area contributed by atoms with Crippen molar-refractivity contribution in [2.75, 3.05) is 18.9 Å². The largest absolute Gasteiger partial charge is 0.424 e. The average Bonchev–Trinajstić information content (AvgIpc) is 2.69. The number of rotatable bonds is 12. The van der Waals surface area contributed by atoms with Crippen molar-refractivity contribution in [2.45, 2.75) is 46.5 Å². The summed E-state index contributed by atoms with van der Waals surface area (Å²) in [6, 6.07) is 8.08. The molecule has 0 heterocycles. The maximum absolute atomic E-state index is 12.2. The molecular weight excluding hydrogens is 430 g/mol. The molecule has 10 nitrogen and oxygen atoms in total. The number of ether oxygens (including phenoxy) is 2. The van der Waals surface area contributed by atoms with E-state index in [4.69, 9.17) is 13.7 Å². The molecule has 0 aromatic heterocycles. The lowest BCUT2D eigenvalue weighted by atomic mass is 9.88. The van der Waals surface area contributed by atoms with E-state index in [1.807, 2.05) is 0 Å². The van der Waals surface area contributed by atoms with Crippen molar-refractivity contribution in [3.05, 3.63) is 35.9 Å². The predicted octanol–water partition coefficient (Wildman–Crippen LogP) is 0.992. The molecule has 1 amide bonds. The molecule has 0 aliphatic rings. The van der Waals surface area contributed by atoms with Crippen LogP contribution in [-0.4, -0.2) is 62.7 Å². The minimum absolute atomic E-state index is 0.150. The molecule has 0 bridgehead atoms. The molecule has 174 valence electrons. The Morgan fingerprint density at radius 1 is 1.13 bits per heavy atom. The Morgan fingerprint density at radius 3 is 2.32 bits per heavy atom. The molecule has 0 saturated heterocycles. The van der Waals surface area contributed by atoms with Crippen LogP contribution in [0.4, 0.5) is 0 Å². The molecule has 1 aromatic carbocycles. The number of aliphatic hydroxyl groups is 1. The number of benzene rings is 1. The zero-order valence-corrected chi connectivity index (χ0v) is 18.8. The topological polar surface area (TPSA) is 145 Å². The van der Waals surface area contributed by atoms with Gasteiger partial charge in [0.05, 0.1) is 17.9 Å². The van der Waals surface area contributed by atoms with E-state index in [1.165, 1.54) is 39.8 Å². The number of hydrogen-bond acceptors (Lipinski definition) is 9. The molecule has 0 saturated carbocycles. The number of carbonyl (C=O) groups is 3. The lowest BCUT2D eigenvalue weighted by Crippen LogP contribution is -2.43. The summed E-state index contributed by atoms with van der Waals surface area (Å²) in [5, 5.41) is 12.7. The minimum Gasteiger partial charge on any atom is -0.424 e. The summed E-state index contributed by atoms with van der Waals surface area (Å²) in [7, 11) is -3.93. The maximum atomic E-state index is 12.2. The first kappa shape index (κ1) is 26.5. The fourth-order valence-electron chi connectivity index (χ4n) is 2.26. The monoisotopic (exact) mass is 459 g/mol. The summed E-state index contributed by atoms with van der Waals surface area (Å²) in [4.78, 5) is 35.0. The molecule has 2 atom stereocenters. The van der Waals surface area contributed by atoms with E-state index < -0.39 is 46.5 Å². The van der Waals surface area contributed by atoms with Gasteiger partial charge in [0, 0.05) is 25.8 Å². The van der Waals surface area contributed by atoms with E-state index in [0.717, 1.165) is 0 Å². The molecule has 0 aliphatic carbocycles. The molecule has 2 N–H and O–H groups in total. The Kier molecular flexibility index (Phi) is 10.1. The van der Waals surface area contributed by atoms with Gasteiger partial charge in [0.15, 0.2) is 6.10 Å². The van der Waals surface area contributed by atoms with Crippen LogP contribution in [0.1, 0.15) is 44.5 Å². The van der Waals surface area contributed by atoms with Crippen molar-refractivity contribution < 1.29 is 41.6 Å². The SMILES string of the molecule is CC(=O)NCCCS(=O)(=O)OCC(C)(C)[C@@H](O)C(=O)OC(C)OC(=O)c1ccccc1. The summed E-state index contributed by atoms with van der Waals surface area (Å²) >= 11 is 0. The van der Waals surface area contributed by atoms with E-state index in [9.17, 15) is 27.9 Å². The third-order valence-corrected chi connectivity index (χ3v) is 5.35.